The number of aromatic nitrogens is 1. The van der Waals surface area contributed by atoms with Gasteiger partial charge in [-0.05, 0) is 6.07 Å². The second-order valence-electron chi connectivity index (χ2n) is 3.90. The van der Waals surface area contributed by atoms with Gasteiger partial charge < -0.3 is 15.8 Å². The molecule has 0 atom stereocenters. The van der Waals surface area contributed by atoms with Crippen molar-refractivity contribution < 1.29 is 22.7 Å². The molecule has 5 nitrogen and oxygen atoms in total. The summed E-state index contributed by atoms with van der Waals surface area (Å²) in [5.74, 6) is -0.924. The third-order valence-electron chi connectivity index (χ3n) is 2.45. The molecule has 0 aliphatic heterocycles. The molecule has 0 aliphatic rings. The molecule has 0 aliphatic carbocycles. The van der Waals surface area contributed by atoms with Crippen LogP contribution in [0.5, 0.6) is 5.75 Å². The zero-order valence-electron chi connectivity index (χ0n) is 10.5. The first kappa shape index (κ1) is 15.1. The van der Waals surface area contributed by atoms with E-state index in [0.29, 0.717) is 0 Å². The lowest BCUT2D eigenvalue weighted by molar-refractivity contribution is -0.274. The number of hydrogen-bond donors (Lipinski definition) is 2. The number of anilines is 1. The Morgan fingerprint density at radius 3 is 2.71 bits per heavy atom. The van der Waals surface area contributed by atoms with Crippen LogP contribution < -0.4 is 15.8 Å². The molecule has 1 amide bonds. The number of alkyl halides is 3. The summed E-state index contributed by atoms with van der Waals surface area (Å²) >= 11 is 1.10. The minimum Gasteiger partial charge on any atom is -0.405 e. The first-order valence-electron chi connectivity index (χ1n) is 5.67. The third kappa shape index (κ3) is 4.09. The van der Waals surface area contributed by atoms with Gasteiger partial charge in [-0.3, -0.25) is 4.79 Å². The van der Waals surface area contributed by atoms with E-state index in [1.165, 1.54) is 23.7 Å². The normalized spacial score (nSPS) is 11.2. The van der Waals surface area contributed by atoms with Crippen molar-refractivity contribution in [2.45, 2.75) is 12.9 Å². The quantitative estimate of drug-likeness (QED) is 0.908. The summed E-state index contributed by atoms with van der Waals surface area (Å²) in [6, 6.07) is 5.55. The van der Waals surface area contributed by atoms with Crippen LogP contribution in [-0.4, -0.2) is 17.3 Å². The predicted octanol–water partition coefficient (Wildman–Crippen LogP) is 2.55. The second kappa shape index (κ2) is 6.00. The number of amides is 1. The fourth-order valence-corrected chi connectivity index (χ4v) is 2.09. The van der Waals surface area contributed by atoms with Crippen LogP contribution in [0, 0.1) is 0 Å². The van der Waals surface area contributed by atoms with Crippen molar-refractivity contribution in [2.24, 2.45) is 0 Å². The molecule has 21 heavy (non-hydrogen) atoms. The zero-order valence-corrected chi connectivity index (χ0v) is 11.3. The molecule has 0 saturated carbocycles. The van der Waals surface area contributed by atoms with Gasteiger partial charge in [-0.1, -0.05) is 18.2 Å². The average Bonchev–Trinajstić information content (AvgIpc) is 2.82. The van der Waals surface area contributed by atoms with Gasteiger partial charge in [0, 0.05) is 12.1 Å². The van der Waals surface area contributed by atoms with Crippen LogP contribution in [0.3, 0.4) is 0 Å². The van der Waals surface area contributed by atoms with Gasteiger partial charge in [-0.25, -0.2) is 4.98 Å². The molecule has 2 aromatic rings. The summed E-state index contributed by atoms with van der Waals surface area (Å²) in [4.78, 5) is 15.6. The van der Waals surface area contributed by atoms with Crippen molar-refractivity contribution in [3.05, 3.63) is 41.0 Å². The molecular formula is C12H10F3N3O2S. The van der Waals surface area contributed by atoms with E-state index in [-0.39, 0.29) is 28.6 Å². The molecule has 9 heteroatoms. The molecule has 1 aromatic carbocycles. The standard InChI is InChI=1S/C12H10F3N3O2S/c13-12(14,15)20-8-4-2-1-3-7(8)5-17-11(19)9-10(16)21-6-18-9/h1-4,6H,5,16H2,(H,17,19). The first-order chi connectivity index (χ1) is 9.87. The molecule has 1 aromatic heterocycles. The maximum atomic E-state index is 12.3. The highest BCUT2D eigenvalue weighted by Crippen LogP contribution is 2.26. The molecule has 0 radical (unpaired) electrons. The number of thiazole rings is 1. The minimum atomic E-state index is -4.79. The smallest absolute Gasteiger partial charge is 0.405 e. The Balaban J connectivity index is 2.07. The Bertz CT molecular complexity index is 643. The van der Waals surface area contributed by atoms with E-state index in [2.05, 4.69) is 15.0 Å². The van der Waals surface area contributed by atoms with Gasteiger partial charge in [0.2, 0.25) is 0 Å². The summed E-state index contributed by atoms with van der Waals surface area (Å²) in [7, 11) is 0. The van der Waals surface area contributed by atoms with Crippen molar-refractivity contribution in [3.63, 3.8) is 0 Å². The third-order valence-corrected chi connectivity index (χ3v) is 3.11. The summed E-state index contributed by atoms with van der Waals surface area (Å²) in [6.07, 6.45) is -4.79. The number of carbonyl (C=O) groups excluding carboxylic acids is 1. The minimum absolute atomic E-state index is 0.0502. The number of hydrogen-bond acceptors (Lipinski definition) is 5. The van der Waals surface area contributed by atoms with Crippen molar-refractivity contribution in [1.29, 1.82) is 0 Å². The maximum absolute atomic E-state index is 12.3. The zero-order chi connectivity index (χ0) is 15.5. The van der Waals surface area contributed by atoms with Crippen LogP contribution in [0.1, 0.15) is 16.1 Å². The SMILES string of the molecule is Nc1scnc1C(=O)NCc1ccccc1OC(F)(F)F. The Morgan fingerprint density at radius 2 is 2.10 bits per heavy atom. The number of nitrogens with one attached hydrogen (secondary N) is 1. The Morgan fingerprint density at radius 1 is 1.38 bits per heavy atom. The van der Waals surface area contributed by atoms with Gasteiger partial charge >= 0.3 is 6.36 Å². The van der Waals surface area contributed by atoms with E-state index < -0.39 is 12.3 Å². The number of carbonyl (C=O) groups is 1. The van der Waals surface area contributed by atoms with Gasteiger partial charge in [0.25, 0.3) is 5.91 Å². The van der Waals surface area contributed by atoms with Crippen LogP contribution >= 0.6 is 11.3 Å². The lowest BCUT2D eigenvalue weighted by atomic mass is 10.2. The van der Waals surface area contributed by atoms with Crippen LogP contribution in [0.2, 0.25) is 0 Å². The molecule has 2 rings (SSSR count). The van der Waals surface area contributed by atoms with Crippen LogP contribution in [0.25, 0.3) is 0 Å². The van der Waals surface area contributed by atoms with Crippen molar-refractivity contribution >= 4 is 22.2 Å². The molecule has 0 unspecified atom stereocenters. The fourth-order valence-electron chi connectivity index (χ4n) is 1.56. The van der Waals surface area contributed by atoms with Crippen molar-refractivity contribution in [3.8, 4) is 5.75 Å². The van der Waals surface area contributed by atoms with Gasteiger partial charge in [-0.15, -0.1) is 24.5 Å². The first-order valence-corrected chi connectivity index (χ1v) is 6.55. The van der Waals surface area contributed by atoms with E-state index >= 15 is 0 Å². The number of nitrogens with two attached hydrogens (primary N) is 1. The number of halogens is 3. The molecule has 0 spiro atoms. The number of benzene rings is 1. The highest BCUT2D eigenvalue weighted by atomic mass is 32.1. The Kier molecular flexibility index (Phi) is 4.32. The molecule has 3 N–H and O–H groups in total. The molecular weight excluding hydrogens is 307 g/mol. The lowest BCUT2D eigenvalue weighted by Crippen LogP contribution is -2.25. The average molecular weight is 317 g/mol. The van der Waals surface area contributed by atoms with Crippen LogP contribution in [-0.2, 0) is 6.54 Å². The van der Waals surface area contributed by atoms with Crippen LogP contribution in [0.4, 0.5) is 18.2 Å². The maximum Gasteiger partial charge on any atom is 0.573 e. The van der Waals surface area contributed by atoms with E-state index in [1.807, 2.05) is 0 Å². The molecule has 0 bridgehead atoms. The lowest BCUT2D eigenvalue weighted by Gasteiger charge is -2.13. The number of rotatable bonds is 4. The van der Waals surface area contributed by atoms with Gasteiger partial charge in [0.05, 0.1) is 5.51 Å². The van der Waals surface area contributed by atoms with Gasteiger partial charge in [0.1, 0.15) is 10.8 Å². The summed E-state index contributed by atoms with van der Waals surface area (Å²) in [5, 5.41) is 2.69. The fraction of sp³-hybridized carbons (Fsp3) is 0.167. The molecule has 0 fully saturated rings. The largest absolute Gasteiger partial charge is 0.573 e. The monoisotopic (exact) mass is 317 g/mol. The van der Waals surface area contributed by atoms with Crippen LogP contribution in [0.15, 0.2) is 29.8 Å². The number of ether oxygens (including phenoxy) is 1. The molecule has 1 heterocycles. The molecule has 0 saturated heterocycles. The molecule has 112 valence electrons. The number of nitrogen functional groups attached to an aromatic ring is 1. The highest BCUT2D eigenvalue weighted by molar-refractivity contribution is 7.14. The van der Waals surface area contributed by atoms with Crippen molar-refractivity contribution in [1.82, 2.24) is 10.3 Å². The van der Waals surface area contributed by atoms with E-state index in [4.69, 9.17) is 5.73 Å². The van der Waals surface area contributed by atoms with Crippen molar-refractivity contribution in [2.75, 3.05) is 5.73 Å². The van der Waals surface area contributed by atoms with Gasteiger partial charge in [-0.2, -0.15) is 0 Å². The van der Waals surface area contributed by atoms with Gasteiger partial charge in [0.15, 0.2) is 5.69 Å². The van der Waals surface area contributed by atoms with E-state index in [1.54, 1.807) is 6.07 Å². The predicted molar refractivity (Wildman–Crippen MR) is 70.8 cm³/mol. The summed E-state index contributed by atoms with van der Waals surface area (Å²) in [5.41, 5.74) is 7.19. The second-order valence-corrected chi connectivity index (χ2v) is 4.79. The van der Waals surface area contributed by atoms with E-state index in [9.17, 15) is 18.0 Å². The number of para-hydroxylation sites is 1. The highest BCUT2D eigenvalue weighted by Gasteiger charge is 2.32. The number of nitrogens with zero attached hydrogens (tertiary/aromatic N) is 1. The Labute approximate surface area is 121 Å². The summed E-state index contributed by atoms with van der Waals surface area (Å²) < 4.78 is 40.7. The summed E-state index contributed by atoms with van der Waals surface area (Å²) in [6.45, 7) is -0.137. The van der Waals surface area contributed by atoms with E-state index in [0.717, 1.165) is 11.3 Å². The topological polar surface area (TPSA) is 77.2 Å². The Hall–Kier alpha value is -2.29.